The normalized spacial score (nSPS) is 23.3. The van der Waals surface area contributed by atoms with Crippen LogP contribution in [0.5, 0.6) is 0 Å². The van der Waals surface area contributed by atoms with Crippen LogP contribution in [-0.4, -0.2) is 41.4 Å². The van der Waals surface area contributed by atoms with Gasteiger partial charge in [-0.2, -0.15) is 12.6 Å². The summed E-state index contributed by atoms with van der Waals surface area (Å²) in [6.07, 6.45) is 0.773. The van der Waals surface area contributed by atoms with Gasteiger partial charge in [0, 0.05) is 6.54 Å². The first-order chi connectivity index (χ1) is 6.49. The van der Waals surface area contributed by atoms with Crippen LogP contribution < -0.4 is 0 Å². The van der Waals surface area contributed by atoms with Crippen molar-refractivity contribution >= 4 is 18.5 Å². The van der Waals surface area contributed by atoms with Crippen molar-refractivity contribution in [2.75, 3.05) is 19.8 Å². The van der Waals surface area contributed by atoms with Crippen molar-refractivity contribution in [1.29, 1.82) is 0 Å². The average molecular weight is 217 g/mol. The van der Waals surface area contributed by atoms with Gasteiger partial charge in [0.2, 0.25) is 5.91 Å². The third kappa shape index (κ3) is 2.42. The molecular formula is C10H19NO2S. The first kappa shape index (κ1) is 11.9. The van der Waals surface area contributed by atoms with Crippen LogP contribution in [0.4, 0.5) is 0 Å². The standard InChI is InChI=1S/C10H19NO2S/c1-4-8(14)9(12)11-5-6-13-7-10(11,2)3/h8,14H,4-7H2,1-3H3. The average Bonchev–Trinajstić information content (AvgIpc) is 2.15. The number of amides is 1. The van der Waals surface area contributed by atoms with Crippen molar-refractivity contribution in [3.63, 3.8) is 0 Å². The SMILES string of the molecule is CCC(S)C(=O)N1CCOCC1(C)C. The van der Waals surface area contributed by atoms with Gasteiger partial charge in [0.1, 0.15) is 0 Å². The summed E-state index contributed by atoms with van der Waals surface area (Å²) in [5.41, 5.74) is -0.189. The van der Waals surface area contributed by atoms with Crippen LogP contribution >= 0.6 is 12.6 Å². The van der Waals surface area contributed by atoms with E-state index in [9.17, 15) is 4.79 Å². The van der Waals surface area contributed by atoms with Crippen molar-refractivity contribution in [3.8, 4) is 0 Å². The molecule has 0 N–H and O–H groups in total. The summed E-state index contributed by atoms with van der Waals surface area (Å²) in [4.78, 5) is 13.8. The van der Waals surface area contributed by atoms with E-state index in [1.54, 1.807) is 0 Å². The Morgan fingerprint density at radius 3 is 2.79 bits per heavy atom. The lowest BCUT2D eigenvalue weighted by Crippen LogP contribution is -2.57. The summed E-state index contributed by atoms with van der Waals surface area (Å²) in [6, 6.07) is 0. The highest BCUT2D eigenvalue weighted by Gasteiger charge is 2.35. The van der Waals surface area contributed by atoms with Gasteiger partial charge >= 0.3 is 0 Å². The molecule has 0 aromatic carbocycles. The summed E-state index contributed by atoms with van der Waals surface area (Å²) < 4.78 is 5.36. The lowest BCUT2D eigenvalue weighted by molar-refractivity contribution is -0.145. The molecule has 1 saturated heterocycles. The van der Waals surface area contributed by atoms with Crippen LogP contribution in [0.15, 0.2) is 0 Å². The smallest absolute Gasteiger partial charge is 0.236 e. The van der Waals surface area contributed by atoms with Crippen molar-refractivity contribution in [2.24, 2.45) is 0 Å². The predicted octanol–water partition coefficient (Wildman–Crippen LogP) is 1.33. The molecule has 1 fully saturated rings. The summed E-state index contributed by atoms with van der Waals surface area (Å²) >= 11 is 4.28. The van der Waals surface area contributed by atoms with E-state index in [1.807, 2.05) is 25.7 Å². The lowest BCUT2D eigenvalue weighted by Gasteiger charge is -2.43. The Balaban J connectivity index is 2.69. The fraction of sp³-hybridized carbons (Fsp3) is 0.900. The molecule has 1 aliphatic rings. The molecule has 0 saturated carbocycles. The van der Waals surface area contributed by atoms with Crippen molar-refractivity contribution in [3.05, 3.63) is 0 Å². The van der Waals surface area contributed by atoms with Gasteiger partial charge in [-0.15, -0.1) is 0 Å². The van der Waals surface area contributed by atoms with Crippen LogP contribution in [0.2, 0.25) is 0 Å². The zero-order valence-corrected chi connectivity index (χ0v) is 10.0. The second-order valence-electron chi connectivity index (χ2n) is 4.28. The molecule has 14 heavy (non-hydrogen) atoms. The van der Waals surface area contributed by atoms with E-state index in [0.29, 0.717) is 19.8 Å². The molecule has 0 aliphatic carbocycles. The van der Waals surface area contributed by atoms with E-state index >= 15 is 0 Å². The van der Waals surface area contributed by atoms with E-state index in [4.69, 9.17) is 4.74 Å². The first-order valence-electron chi connectivity index (χ1n) is 5.06. The monoisotopic (exact) mass is 217 g/mol. The molecule has 3 nitrogen and oxygen atoms in total. The van der Waals surface area contributed by atoms with E-state index in [0.717, 1.165) is 6.42 Å². The van der Waals surface area contributed by atoms with Crippen LogP contribution in [0.25, 0.3) is 0 Å². The zero-order valence-electron chi connectivity index (χ0n) is 9.12. The summed E-state index contributed by atoms with van der Waals surface area (Å²) in [5, 5.41) is -0.174. The van der Waals surface area contributed by atoms with Gasteiger partial charge in [0.25, 0.3) is 0 Å². The number of hydrogen-bond acceptors (Lipinski definition) is 3. The van der Waals surface area contributed by atoms with Gasteiger partial charge < -0.3 is 9.64 Å². The highest BCUT2D eigenvalue weighted by atomic mass is 32.1. The number of thiol groups is 1. The fourth-order valence-corrected chi connectivity index (χ4v) is 1.76. The Bertz CT molecular complexity index is 218. The van der Waals surface area contributed by atoms with Gasteiger partial charge in [-0.3, -0.25) is 4.79 Å². The molecule has 1 unspecified atom stereocenters. The molecule has 1 rings (SSSR count). The van der Waals surface area contributed by atoms with Gasteiger partial charge in [-0.25, -0.2) is 0 Å². The van der Waals surface area contributed by atoms with Gasteiger partial charge in [0.05, 0.1) is 24.0 Å². The molecule has 1 heterocycles. The van der Waals surface area contributed by atoms with Crippen molar-refractivity contribution < 1.29 is 9.53 Å². The number of rotatable bonds is 2. The molecule has 1 amide bonds. The lowest BCUT2D eigenvalue weighted by atomic mass is 10.0. The van der Waals surface area contributed by atoms with Crippen molar-refractivity contribution in [2.45, 2.75) is 38.0 Å². The fourth-order valence-electron chi connectivity index (χ4n) is 1.62. The molecule has 1 aliphatic heterocycles. The number of morpholine rings is 1. The maximum absolute atomic E-state index is 11.9. The minimum Gasteiger partial charge on any atom is -0.377 e. The van der Waals surface area contributed by atoms with Crippen LogP contribution in [0, 0.1) is 0 Å². The van der Waals surface area contributed by atoms with E-state index in [-0.39, 0.29) is 16.7 Å². The summed E-state index contributed by atoms with van der Waals surface area (Å²) in [5.74, 6) is 0.129. The number of carbonyl (C=O) groups excluding carboxylic acids is 1. The van der Waals surface area contributed by atoms with Gasteiger partial charge in [0.15, 0.2) is 0 Å². The molecule has 0 bridgehead atoms. The molecule has 1 atom stereocenters. The maximum atomic E-state index is 11.9. The Hall–Kier alpha value is -0.220. The molecule has 0 aromatic rings. The predicted molar refractivity (Wildman–Crippen MR) is 59.7 cm³/mol. The molecule has 0 spiro atoms. The third-order valence-corrected chi connectivity index (χ3v) is 3.17. The quantitative estimate of drug-likeness (QED) is 0.707. The Labute approximate surface area is 91.2 Å². The number of nitrogens with zero attached hydrogens (tertiary/aromatic N) is 1. The molecule has 4 heteroatoms. The Kier molecular flexibility index (Phi) is 3.84. The summed E-state index contributed by atoms with van der Waals surface area (Å²) in [7, 11) is 0. The van der Waals surface area contributed by atoms with Gasteiger partial charge in [-0.1, -0.05) is 6.92 Å². The number of carbonyl (C=O) groups is 1. The van der Waals surface area contributed by atoms with Crippen LogP contribution in [0.3, 0.4) is 0 Å². The topological polar surface area (TPSA) is 29.5 Å². The van der Waals surface area contributed by atoms with E-state index in [2.05, 4.69) is 12.6 Å². The summed E-state index contributed by atoms with van der Waals surface area (Å²) in [6.45, 7) is 7.97. The minimum absolute atomic E-state index is 0.129. The minimum atomic E-state index is -0.189. The van der Waals surface area contributed by atoms with Crippen molar-refractivity contribution in [1.82, 2.24) is 4.90 Å². The third-order valence-electron chi connectivity index (χ3n) is 2.58. The largest absolute Gasteiger partial charge is 0.377 e. The molecule has 82 valence electrons. The van der Waals surface area contributed by atoms with Crippen LogP contribution in [-0.2, 0) is 9.53 Å². The molecular weight excluding hydrogens is 198 g/mol. The van der Waals surface area contributed by atoms with E-state index < -0.39 is 0 Å². The molecule has 0 radical (unpaired) electrons. The van der Waals surface area contributed by atoms with E-state index in [1.165, 1.54) is 0 Å². The zero-order chi connectivity index (χ0) is 10.8. The van der Waals surface area contributed by atoms with Crippen LogP contribution in [0.1, 0.15) is 27.2 Å². The Morgan fingerprint density at radius 2 is 2.29 bits per heavy atom. The Morgan fingerprint density at radius 1 is 1.64 bits per heavy atom. The maximum Gasteiger partial charge on any atom is 0.236 e. The highest BCUT2D eigenvalue weighted by Crippen LogP contribution is 2.21. The number of hydrogen-bond donors (Lipinski definition) is 1. The second-order valence-corrected chi connectivity index (χ2v) is 4.90. The van der Waals surface area contributed by atoms with Gasteiger partial charge in [-0.05, 0) is 20.3 Å². The number of ether oxygens (including phenoxy) is 1. The molecule has 0 aromatic heterocycles. The highest BCUT2D eigenvalue weighted by molar-refractivity contribution is 7.81. The first-order valence-corrected chi connectivity index (χ1v) is 5.58. The second kappa shape index (κ2) is 4.53.